The molecule has 7 heteroatoms. The molecular weight excluding hydrogens is 452 g/mol. The van der Waals surface area contributed by atoms with Crippen molar-refractivity contribution >= 4 is 36.4 Å². The van der Waals surface area contributed by atoms with E-state index in [9.17, 15) is 0 Å². The van der Waals surface area contributed by atoms with Crippen LogP contribution in [0.25, 0.3) is 45.0 Å². The highest BCUT2D eigenvalue weighted by Crippen LogP contribution is 2.31. The lowest BCUT2D eigenvalue weighted by atomic mass is 10.0. The summed E-state index contributed by atoms with van der Waals surface area (Å²) in [6.07, 6.45) is 1.94. The van der Waals surface area contributed by atoms with Gasteiger partial charge in [0.25, 0.3) is 5.89 Å². The van der Waals surface area contributed by atoms with Crippen molar-refractivity contribution in [3.05, 3.63) is 71.8 Å². The van der Waals surface area contributed by atoms with Crippen molar-refractivity contribution in [2.24, 2.45) is 4.99 Å². The third-order valence-corrected chi connectivity index (χ3v) is 8.12. The topological polar surface area (TPSA) is 65.4 Å². The van der Waals surface area contributed by atoms with Gasteiger partial charge < -0.3 is 9.15 Å². The number of hydrogen-bond acceptors (Lipinski definition) is 5. The Kier molecular flexibility index (Phi) is 5.38. The van der Waals surface area contributed by atoms with Gasteiger partial charge >= 0.3 is 0 Å². The minimum absolute atomic E-state index is 0.418. The maximum Gasteiger partial charge on any atom is 0.264 e. The molecule has 6 nitrogen and oxygen atoms in total. The van der Waals surface area contributed by atoms with Gasteiger partial charge in [-0.25, -0.2) is 9.97 Å². The summed E-state index contributed by atoms with van der Waals surface area (Å²) in [5.41, 5.74) is 8.17. The van der Waals surface area contributed by atoms with E-state index in [4.69, 9.17) is 19.1 Å². The molecule has 6 rings (SSSR count). The van der Waals surface area contributed by atoms with Crippen LogP contribution in [0.3, 0.4) is 0 Å². The first-order valence-electron chi connectivity index (χ1n) is 12.0. The number of nitrogens with zero attached hydrogens (tertiary/aromatic N) is 4. The smallest absolute Gasteiger partial charge is 0.264 e. The Balaban J connectivity index is 1.34. The van der Waals surface area contributed by atoms with Crippen molar-refractivity contribution in [1.82, 2.24) is 14.5 Å². The van der Waals surface area contributed by atoms with Crippen LogP contribution in [-0.2, 0) is 18.0 Å². The van der Waals surface area contributed by atoms with E-state index in [0.717, 1.165) is 52.5 Å². The first-order valence-corrected chi connectivity index (χ1v) is 15.7. The summed E-state index contributed by atoms with van der Waals surface area (Å²) in [7, 11) is -1.16. The van der Waals surface area contributed by atoms with Gasteiger partial charge in [-0.2, -0.15) is 0 Å². The summed E-state index contributed by atoms with van der Waals surface area (Å²) in [4.78, 5) is 14.0. The highest BCUT2D eigenvalue weighted by molar-refractivity contribution is 6.76. The van der Waals surface area contributed by atoms with E-state index < -0.39 is 8.07 Å². The largest absolute Gasteiger partial charge is 0.434 e. The highest BCUT2D eigenvalue weighted by atomic mass is 28.3. The fourth-order valence-electron chi connectivity index (χ4n) is 4.39. The van der Waals surface area contributed by atoms with Gasteiger partial charge in [0, 0.05) is 20.9 Å². The van der Waals surface area contributed by atoms with Gasteiger partial charge in [-0.1, -0.05) is 50.0 Å². The molecule has 0 aliphatic carbocycles. The first kappa shape index (κ1) is 21.9. The van der Waals surface area contributed by atoms with Gasteiger partial charge in [-0.05, 0) is 58.6 Å². The molecular formula is C28H28N4O2Si. The molecule has 3 heterocycles. The Bertz CT molecular complexity index is 1580. The summed E-state index contributed by atoms with van der Waals surface area (Å²) in [5.74, 6) is 1.19. The van der Waals surface area contributed by atoms with Crippen LogP contribution in [0.4, 0.5) is 0 Å². The number of rotatable bonds is 7. The van der Waals surface area contributed by atoms with Crippen LogP contribution in [0.15, 0.2) is 70.1 Å². The van der Waals surface area contributed by atoms with E-state index in [1.165, 1.54) is 11.1 Å². The Labute approximate surface area is 205 Å². The predicted molar refractivity (Wildman–Crippen MR) is 144 cm³/mol. The average molecular weight is 481 g/mol. The highest BCUT2D eigenvalue weighted by Gasteiger charge is 2.19. The van der Waals surface area contributed by atoms with Gasteiger partial charge in [0.1, 0.15) is 12.2 Å². The lowest BCUT2D eigenvalue weighted by Crippen LogP contribution is -2.22. The summed E-state index contributed by atoms with van der Waals surface area (Å²) in [6, 6.07) is 21.8. The molecule has 1 aliphatic heterocycles. The van der Waals surface area contributed by atoms with Crippen molar-refractivity contribution in [2.45, 2.75) is 39.0 Å². The Hall–Kier alpha value is -3.55. The summed E-state index contributed by atoms with van der Waals surface area (Å²) in [6.45, 7) is 8.98. The zero-order chi connectivity index (χ0) is 24.0. The van der Waals surface area contributed by atoms with Crippen molar-refractivity contribution < 1.29 is 9.15 Å². The number of fused-ring (bicyclic) bond motifs is 3. The molecule has 2 aromatic heterocycles. The summed E-state index contributed by atoms with van der Waals surface area (Å²) >= 11 is 0. The van der Waals surface area contributed by atoms with Crippen LogP contribution in [-0.4, -0.2) is 35.4 Å². The van der Waals surface area contributed by atoms with Gasteiger partial charge in [0.05, 0.1) is 17.6 Å². The molecule has 0 unspecified atom stereocenters. The number of aromatic nitrogens is 3. The van der Waals surface area contributed by atoms with E-state index in [1.807, 2.05) is 30.5 Å². The van der Waals surface area contributed by atoms with E-state index >= 15 is 0 Å². The number of oxazole rings is 1. The van der Waals surface area contributed by atoms with Crippen LogP contribution in [0, 0.1) is 0 Å². The average Bonchev–Trinajstić information content (AvgIpc) is 3.56. The van der Waals surface area contributed by atoms with Gasteiger partial charge in [0.2, 0.25) is 0 Å². The Morgan fingerprint density at radius 2 is 1.77 bits per heavy atom. The number of imidazole rings is 1. The number of hydrogen-bond donors (Lipinski definition) is 0. The van der Waals surface area contributed by atoms with Gasteiger partial charge in [0.15, 0.2) is 11.4 Å². The molecule has 5 aromatic rings. The van der Waals surface area contributed by atoms with E-state index in [-0.39, 0.29) is 0 Å². The van der Waals surface area contributed by atoms with Crippen LogP contribution >= 0.6 is 0 Å². The molecule has 0 atom stereocenters. The van der Waals surface area contributed by atoms with Crippen molar-refractivity contribution in [3.8, 4) is 22.8 Å². The van der Waals surface area contributed by atoms with Crippen LogP contribution < -0.4 is 0 Å². The second-order valence-electron chi connectivity index (χ2n) is 10.3. The summed E-state index contributed by atoms with van der Waals surface area (Å²) < 4.78 is 14.4. The molecule has 3 aromatic carbocycles. The molecule has 35 heavy (non-hydrogen) atoms. The monoisotopic (exact) mass is 480 g/mol. The lowest BCUT2D eigenvalue weighted by molar-refractivity contribution is 0.0906. The standard InChI is InChI=1S/C28H28N4O2Si/c1-35(2,3)13-12-33-18-32-25-7-5-4-6-23(25)30-27(32)28-31-24-11-10-20(15-26(24)34-28)19-8-9-21-16-29-17-22(21)14-19/h4-11,14-16H,12-13,17-18H2,1-3H3. The van der Waals surface area contributed by atoms with Crippen molar-refractivity contribution in [2.75, 3.05) is 6.61 Å². The minimum atomic E-state index is -1.16. The van der Waals surface area contributed by atoms with Crippen LogP contribution in [0.2, 0.25) is 25.7 Å². The first-order chi connectivity index (χ1) is 16.9. The van der Waals surface area contributed by atoms with E-state index in [1.54, 1.807) is 0 Å². The molecule has 1 aliphatic rings. The third kappa shape index (κ3) is 4.33. The lowest BCUT2D eigenvalue weighted by Gasteiger charge is -2.16. The van der Waals surface area contributed by atoms with Gasteiger partial charge in [-0.15, -0.1) is 0 Å². The zero-order valence-electron chi connectivity index (χ0n) is 20.3. The summed E-state index contributed by atoms with van der Waals surface area (Å²) in [5, 5.41) is 0. The number of para-hydroxylation sites is 2. The number of ether oxygens (including phenoxy) is 1. The van der Waals surface area contributed by atoms with Crippen molar-refractivity contribution in [1.29, 1.82) is 0 Å². The second kappa shape index (κ2) is 8.59. The number of aliphatic imine (C=N–C) groups is 1. The van der Waals surface area contributed by atoms with E-state index in [2.05, 4.69) is 65.6 Å². The molecule has 0 bridgehead atoms. The quantitative estimate of drug-likeness (QED) is 0.191. The molecule has 0 radical (unpaired) electrons. The molecule has 0 spiro atoms. The fourth-order valence-corrected chi connectivity index (χ4v) is 5.15. The molecule has 0 amide bonds. The number of benzene rings is 3. The SMILES string of the molecule is C[Si](C)(C)CCOCn1c(-c2nc3ccc(-c4ccc5c(c4)CN=C5)cc3o2)nc2ccccc21. The second-order valence-corrected chi connectivity index (χ2v) is 15.9. The molecule has 0 N–H and O–H groups in total. The zero-order valence-corrected chi connectivity index (χ0v) is 21.3. The van der Waals surface area contributed by atoms with Crippen LogP contribution in [0.1, 0.15) is 11.1 Å². The molecule has 0 saturated carbocycles. The molecule has 0 saturated heterocycles. The van der Waals surface area contributed by atoms with Crippen molar-refractivity contribution in [3.63, 3.8) is 0 Å². The van der Waals surface area contributed by atoms with E-state index in [0.29, 0.717) is 18.4 Å². The maximum atomic E-state index is 6.27. The van der Waals surface area contributed by atoms with Gasteiger partial charge in [-0.3, -0.25) is 9.56 Å². The van der Waals surface area contributed by atoms with Crippen LogP contribution in [0.5, 0.6) is 0 Å². The fraction of sp³-hybridized carbons (Fsp3) is 0.250. The molecule has 0 fully saturated rings. The normalized spacial score (nSPS) is 13.2. The maximum absolute atomic E-state index is 6.27. The Morgan fingerprint density at radius 3 is 2.66 bits per heavy atom. The Morgan fingerprint density at radius 1 is 0.943 bits per heavy atom. The predicted octanol–water partition coefficient (Wildman–Crippen LogP) is 6.76. The third-order valence-electron chi connectivity index (χ3n) is 6.42. The molecule has 176 valence electrons. The minimum Gasteiger partial charge on any atom is -0.434 e.